The fourth-order valence-electron chi connectivity index (χ4n) is 4.15. The zero-order chi connectivity index (χ0) is 21.4. The SMILES string of the molecule is O=C1OC2=C(CCOc3ccccc32)C(N(c2ccccc2)c2ccccc2)C1(Cl)Cl. The molecule has 0 fully saturated rings. The highest BCUT2D eigenvalue weighted by Crippen LogP contribution is 2.49. The number of nitrogens with zero attached hydrogens (tertiary/aromatic N) is 1. The summed E-state index contributed by atoms with van der Waals surface area (Å²) >= 11 is 13.5. The van der Waals surface area contributed by atoms with Gasteiger partial charge in [-0.05, 0) is 36.4 Å². The van der Waals surface area contributed by atoms with Crippen LogP contribution in [0.4, 0.5) is 11.4 Å². The number of hydrogen-bond acceptors (Lipinski definition) is 4. The normalized spacial score (nSPS) is 19.4. The molecular formula is C25H19Cl2NO3. The average Bonchev–Trinajstić information content (AvgIpc) is 2.97. The van der Waals surface area contributed by atoms with Gasteiger partial charge in [0.15, 0.2) is 0 Å². The van der Waals surface area contributed by atoms with E-state index in [1.165, 1.54) is 0 Å². The largest absolute Gasteiger partial charge is 0.492 e. The molecule has 0 N–H and O–H groups in total. The number of ether oxygens (including phenoxy) is 2. The van der Waals surface area contributed by atoms with E-state index in [0.717, 1.165) is 22.5 Å². The van der Waals surface area contributed by atoms with Gasteiger partial charge in [0, 0.05) is 23.4 Å². The number of para-hydroxylation sites is 3. The summed E-state index contributed by atoms with van der Waals surface area (Å²) in [5.41, 5.74) is 3.27. The minimum Gasteiger partial charge on any atom is -0.492 e. The maximum atomic E-state index is 13.1. The Hall–Kier alpha value is -2.95. The molecule has 0 aromatic heterocycles. The van der Waals surface area contributed by atoms with Crippen LogP contribution in [0.5, 0.6) is 5.75 Å². The van der Waals surface area contributed by atoms with Crippen LogP contribution in [0, 0.1) is 0 Å². The zero-order valence-corrected chi connectivity index (χ0v) is 18.0. The molecule has 5 rings (SSSR count). The third kappa shape index (κ3) is 3.46. The Morgan fingerprint density at radius 1 is 0.839 bits per heavy atom. The summed E-state index contributed by atoms with van der Waals surface area (Å²) in [4.78, 5) is 15.1. The molecule has 3 aromatic carbocycles. The van der Waals surface area contributed by atoms with E-state index in [9.17, 15) is 4.79 Å². The summed E-state index contributed by atoms with van der Waals surface area (Å²) in [5, 5.41) is 0. The summed E-state index contributed by atoms with van der Waals surface area (Å²) in [5.74, 6) is 0.437. The summed E-state index contributed by atoms with van der Waals surface area (Å²) in [7, 11) is 0. The number of benzene rings is 3. The van der Waals surface area contributed by atoms with Crippen molar-refractivity contribution >= 4 is 46.3 Å². The van der Waals surface area contributed by atoms with Gasteiger partial charge in [-0.1, -0.05) is 71.7 Å². The van der Waals surface area contributed by atoms with Gasteiger partial charge in [-0.2, -0.15) is 0 Å². The summed E-state index contributed by atoms with van der Waals surface area (Å²) < 4.78 is 9.86. The van der Waals surface area contributed by atoms with Crippen LogP contribution >= 0.6 is 23.2 Å². The van der Waals surface area contributed by atoms with E-state index in [-0.39, 0.29) is 0 Å². The number of rotatable bonds is 3. The summed E-state index contributed by atoms with van der Waals surface area (Å²) in [6.45, 7) is 0.422. The van der Waals surface area contributed by atoms with Crippen molar-refractivity contribution in [1.29, 1.82) is 0 Å². The molecule has 4 nitrogen and oxygen atoms in total. The van der Waals surface area contributed by atoms with Crippen LogP contribution in [0.15, 0.2) is 90.5 Å². The van der Waals surface area contributed by atoms with Crippen LogP contribution in [0.25, 0.3) is 5.76 Å². The minimum absolute atomic E-state index is 0.422. The van der Waals surface area contributed by atoms with Crippen molar-refractivity contribution in [2.45, 2.75) is 16.8 Å². The van der Waals surface area contributed by atoms with Crippen LogP contribution in [0.2, 0.25) is 0 Å². The van der Waals surface area contributed by atoms with Gasteiger partial charge < -0.3 is 14.4 Å². The predicted octanol–water partition coefficient (Wildman–Crippen LogP) is 6.12. The highest BCUT2D eigenvalue weighted by molar-refractivity contribution is 6.59. The molecule has 3 aromatic rings. The molecule has 0 radical (unpaired) electrons. The monoisotopic (exact) mass is 451 g/mol. The van der Waals surface area contributed by atoms with E-state index in [0.29, 0.717) is 24.5 Å². The number of hydrogen-bond donors (Lipinski definition) is 0. The van der Waals surface area contributed by atoms with Gasteiger partial charge in [-0.25, -0.2) is 4.79 Å². The fourth-order valence-corrected chi connectivity index (χ4v) is 4.69. The molecule has 1 atom stereocenters. The Kier molecular flexibility index (Phi) is 5.12. The third-order valence-electron chi connectivity index (χ3n) is 5.52. The van der Waals surface area contributed by atoms with Gasteiger partial charge in [-0.15, -0.1) is 0 Å². The van der Waals surface area contributed by atoms with Crippen LogP contribution in [0.3, 0.4) is 0 Å². The highest BCUT2D eigenvalue weighted by atomic mass is 35.5. The molecule has 156 valence electrons. The van der Waals surface area contributed by atoms with E-state index < -0.39 is 16.3 Å². The second-order valence-corrected chi connectivity index (χ2v) is 8.79. The molecule has 0 bridgehead atoms. The maximum Gasteiger partial charge on any atom is 0.350 e. The van der Waals surface area contributed by atoms with E-state index >= 15 is 0 Å². The first-order chi connectivity index (χ1) is 15.1. The number of alkyl halides is 2. The molecule has 0 saturated heterocycles. The van der Waals surface area contributed by atoms with Crippen molar-refractivity contribution in [3.05, 3.63) is 96.1 Å². The standard InChI is InChI=1S/C25H19Cl2NO3/c26-25(27)23(28(17-9-3-1-4-10-17)18-11-5-2-6-12-18)20-15-16-30-21-14-8-7-13-19(21)22(20)31-24(25)29/h1-14,23H,15-16H2. The lowest BCUT2D eigenvalue weighted by Gasteiger charge is -2.43. The lowest BCUT2D eigenvalue weighted by atomic mass is 9.91. The van der Waals surface area contributed by atoms with Crippen LogP contribution in [-0.4, -0.2) is 23.0 Å². The van der Waals surface area contributed by atoms with Gasteiger partial charge in [-0.3, -0.25) is 0 Å². The molecule has 6 heteroatoms. The number of fused-ring (bicyclic) bond motifs is 2. The number of carbonyl (C=O) groups is 1. The van der Waals surface area contributed by atoms with Crippen LogP contribution in [-0.2, 0) is 9.53 Å². The van der Waals surface area contributed by atoms with Crippen LogP contribution in [0.1, 0.15) is 12.0 Å². The molecule has 0 aliphatic carbocycles. The van der Waals surface area contributed by atoms with Crippen molar-refractivity contribution in [1.82, 2.24) is 0 Å². The molecule has 0 amide bonds. The number of carbonyl (C=O) groups excluding carboxylic acids is 1. The number of anilines is 2. The third-order valence-corrected chi connectivity index (χ3v) is 6.24. The topological polar surface area (TPSA) is 38.8 Å². The van der Waals surface area contributed by atoms with Gasteiger partial charge in [0.1, 0.15) is 17.6 Å². The van der Waals surface area contributed by atoms with Crippen LogP contribution < -0.4 is 9.64 Å². The van der Waals surface area contributed by atoms with Gasteiger partial charge in [0.05, 0.1) is 12.2 Å². The Balaban J connectivity index is 1.77. The van der Waals surface area contributed by atoms with Gasteiger partial charge >= 0.3 is 5.97 Å². The van der Waals surface area contributed by atoms with E-state index in [1.807, 2.05) is 89.8 Å². The second kappa shape index (κ2) is 7.95. The Morgan fingerprint density at radius 2 is 1.42 bits per heavy atom. The quantitative estimate of drug-likeness (QED) is 0.355. The zero-order valence-electron chi connectivity index (χ0n) is 16.5. The Bertz CT molecular complexity index is 1110. The Labute approximate surface area is 190 Å². The van der Waals surface area contributed by atoms with E-state index in [1.54, 1.807) is 0 Å². The predicted molar refractivity (Wildman–Crippen MR) is 123 cm³/mol. The molecule has 0 saturated carbocycles. The Morgan fingerprint density at radius 3 is 2.06 bits per heavy atom. The maximum absolute atomic E-state index is 13.1. The molecular weight excluding hydrogens is 433 g/mol. The van der Waals surface area contributed by atoms with Crippen molar-refractivity contribution in [2.75, 3.05) is 11.5 Å². The first-order valence-corrected chi connectivity index (χ1v) is 10.8. The molecule has 1 unspecified atom stereocenters. The lowest BCUT2D eigenvalue weighted by molar-refractivity contribution is -0.138. The molecule has 2 heterocycles. The molecule has 2 aliphatic rings. The van der Waals surface area contributed by atoms with E-state index in [4.69, 9.17) is 32.7 Å². The van der Waals surface area contributed by atoms with Gasteiger partial charge in [0.25, 0.3) is 0 Å². The smallest absolute Gasteiger partial charge is 0.350 e. The van der Waals surface area contributed by atoms with Crippen molar-refractivity contribution in [3.63, 3.8) is 0 Å². The van der Waals surface area contributed by atoms with E-state index in [2.05, 4.69) is 0 Å². The molecule has 0 spiro atoms. The number of esters is 1. The number of halogens is 2. The highest BCUT2D eigenvalue weighted by Gasteiger charge is 2.54. The van der Waals surface area contributed by atoms with Crippen molar-refractivity contribution in [3.8, 4) is 5.75 Å². The first-order valence-electron chi connectivity index (χ1n) is 10.0. The van der Waals surface area contributed by atoms with Crippen molar-refractivity contribution < 1.29 is 14.3 Å². The molecule has 2 aliphatic heterocycles. The van der Waals surface area contributed by atoms with Crippen molar-refractivity contribution in [2.24, 2.45) is 0 Å². The lowest BCUT2D eigenvalue weighted by Crippen LogP contribution is -2.53. The van der Waals surface area contributed by atoms with Gasteiger partial charge in [0.2, 0.25) is 4.33 Å². The summed E-state index contributed by atoms with van der Waals surface area (Å²) in [6, 6.07) is 26.4. The summed E-state index contributed by atoms with van der Waals surface area (Å²) in [6.07, 6.45) is 0.513. The molecule has 31 heavy (non-hydrogen) atoms. The second-order valence-electron chi connectivity index (χ2n) is 7.41. The first kappa shape index (κ1) is 20.0. The minimum atomic E-state index is -1.82. The average molecular weight is 452 g/mol. The fraction of sp³-hybridized carbons (Fsp3) is 0.160.